The van der Waals surface area contributed by atoms with Gasteiger partial charge in [-0.05, 0) is 204 Å². The van der Waals surface area contributed by atoms with Gasteiger partial charge in [0.25, 0.3) is 6.71 Å². The maximum Gasteiger partial charge on any atom is 0.252 e. The van der Waals surface area contributed by atoms with Crippen LogP contribution in [0.3, 0.4) is 0 Å². The van der Waals surface area contributed by atoms with Crippen LogP contribution < -0.4 is 26.2 Å². The van der Waals surface area contributed by atoms with Crippen LogP contribution in [-0.2, 0) is 16.2 Å². The van der Waals surface area contributed by atoms with Gasteiger partial charge in [0.05, 0.1) is 11.4 Å². The number of nitrogens with zero attached hydrogens (tertiary/aromatic N) is 2. The van der Waals surface area contributed by atoms with Crippen molar-refractivity contribution in [3.05, 3.63) is 356 Å². The molecule has 0 unspecified atom stereocenters. The molecule has 3 nitrogen and oxygen atoms in total. The Hall–Kier alpha value is -12.5. The van der Waals surface area contributed by atoms with Crippen molar-refractivity contribution < 1.29 is 4.42 Å². The average molecular weight is 1390 g/mol. The van der Waals surface area contributed by atoms with Crippen molar-refractivity contribution in [3.8, 4) is 89.0 Å². The highest BCUT2D eigenvalue weighted by atomic mass is 16.3. The molecule has 518 valence electrons. The molecule has 1 aromatic heterocycles. The van der Waals surface area contributed by atoms with Crippen molar-refractivity contribution in [1.29, 1.82) is 0 Å². The summed E-state index contributed by atoms with van der Waals surface area (Å²) in [5, 5.41) is 7.10. The number of benzene rings is 16. The third kappa shape index (κ3) is 11.1. The zero-order valence-corrected chi connectivity index (χ0v) is 62.7. The number of fused-ring (bicyclic) bond motifs is 9. The van der Waals surface area contributed by atoms with Crippen molar-refractivity contribution in [3.63, 3.8) is 0 Å². The van der Waals surface area contributed by atoms with Crippen LogP contribution in [0.5, 0.6) is 0 Å². The molecule has 0 fully saturated rings. The Morgan fingerprint density at radius 2 is 0.583 bits per heavy atom. The zero-order chi connectivity index (χ0) is 73.3. The van der Waals surface area contributed by atoms with Crippen LogP contribution >= 0.6 is 0 Å². The number of furan rings is 1. The summed E-state index contributed by atoms with van der Waals surface area (Å²) in [5.74, 6) is 0. The van der Waals surface area contributed by atoms with Gasteiger partial charge in [-0.15, -0.1) is 0 Å². The van der Waals surface area contributed by atoms with Crippen LogP contribution in [0.2, 0.25) is 0 Å². The van der Waals surface area contributed by atoms with E-state index in [4.69, 9.17) is 4.42 Å². The summed E-state index contributed by atoms with van der Waals surface area (Å²) < 4.78 is 6.73. The first-order valence-electron chi connectivity index (χ1n) is 38.2. The highest BCUT2D eigenvalue weighted by molar-refractivity contribution is 7.00. The highest BCUT2D eigenvalue weighted by Gasteiger charge is 2.47. The smallest absolute Gasteiger partial charge is 0.252 e. The molecule has 2 aliphatic rings. The molecule has 16 aromatic carbocycles. The van der Waals surface area contributed by atoms with Crippen LogP contribution in [-0.4, -0.2) is 6.71 Å². The van der Waals surface area contributed by atoms with E-state index in [9.17, 15) is 0 Å². The maximum absolute atomic E-state index is 6.73. The molecule has 0 amide bonds. The molecule has 3 heterocycles. The molecule has 4 heteroatoms. The third-order valence-electron chi connectivity index (χ3n) is 22.9. The average Bonchev–Trinajstić information content (AvgIpc) is 0.889. The molecule has 0 bridgehead atoms. The minimum Gasteiger partial charge on any atom is -0.456 e. The predicted octanol–water partition coefficient (Wildman–Crippen LogP) is 27.2. The molecule has 17 aromatic rings. The van der Waals surface area contributed by atoms with Crippen LogP contribution in [0.25, 0.3) is 132 Å². The van der Waals surface area contributed by atoms with Gasteiger partial charge in [0.1, 0.15) is 11.2 Å². The van der Waals surface area contributed by atoms with Crippen molar-refractivity contribution in [2.24, 2.45) is 0 Å². The summed E-state index contributed by atoms with van der Waals surface area (Å²) in [7, 11) is 0. The standard InChI is InChI=1S/C104H83BN2O/c1-102(2,3)75-60-83(66-33-16-10-17-34-66)100(84(61-75)67-35-18-11-19-36-67)106-90-58-73(72-51-54-81-87(57-72)97(71-43-26-15-27-44-71)80-46-29-28-45-79(80)96(81)70-41-24-14-25-42-70)52-55-88(90)105-89-56-53-74(78-48-32-50-95-98(78)82-47-30-31-49-94(82)108-95)59-91(89)107(93-65-77(104(7,8)9)64-92(106)99(93)105)101-85(68-37-20-12-21-38-68)62-76(103(4,5)6)63-86(101)69-39-22-13-23-40-69/h10-65H,1-9H3. The Balaban J connectivity index is 0.976. The number of para-hydroxylation sites is 1. The Morgan fingerprint density at radius 3 is 1.03 bits per heavy atom. The highest BCUT2D eigenvalue weighted by Crippen LogP contribution is 2.57. The van der Waals surface area contributed by atoms with E-state index in [-0.39, 0.29) is 23.0 Å². The summed E-state index contributed by atoms with van der Waals surface area (Å²) in [6.45, 7) is 21.1. The van der Waals surface area contributed by atoms with E-state index in [1.165, 1.54) is 88.0 Å². The lowest BCUT2D eigenvalue weighted by atomic mass is 9.33. The van der Waals surface area contributed by atoms with E-state index >= 15 is 0 Å². The fourth-order valence-corrected chi connectivity index (χ4v) is 17.4. The van der Waals surface area contributed by atoms with Gasteiger partial charge in [-0.3, -0.25) is 0 Å². The molecule has 0 saturated heterocycles. The van der Waals surface area contributed by atoms with E-state index in [0.717, 1.165) is 112 Å². The van der Waals surface area contributed by atoms with Gasteiger partial charge in [-0.25, -0.2) is 0 Å². The van der Waals surface area contributed by atoms with Gasteiger partial charge in [0, 0.05) is 55.8 Å². The van der Waals surface area contributed by atoms with Gasteiger partial charge in [-0.2, -0.15) is 0 Å². The van der Waals surface area contributed by atoms with E-state index in [2.05, 4.69) is 412 Å². The molecule has 19 rings (SSSR count). The van der Waals surface area contributed by atoms with Crippen molar-refractivity contribution in [2.75, 3.05) is 9.80 Å². The molecule has 0 aliphatic carbocycles. The lowest BCUT2D eigenvalue weighted by molar-refractivity contribution is 0.590. The Labute approximate surface area is 634 Å². The van der Waals surface area contributed by atoms with Gasteiger partial charge in [-0.1, -0.05) is 335 Å². The summed E-state index contributed by atoms with van der Waals surface area (Å²) >= 11 is 0. The monoisotopic (exact) mass is 1390 g/mol. The summed E-state index contributed by atoms with van der Waals surface area (Å²) in [5.41, 5.74) is 33.9. The zero-order valence-electron chi connectivity index (χ0n) is 62.7. The number of hydrogen-bond donors (Lipinski definition) is 0. The second-order valence-corrected chi connectivity index (χ2v) is 32.7. The van der Waals surface area contributed by atoms with Crippen LogP contribution in [0, 0.1) is 0 Å². The van der Waals surface area contributed by atoms with Gasteiger partial charge < -0.3 is 14.2 Å². The number of anilines is 6. The Kier molecular flexibility index (Phi) is 15.7. The third-order valence-corrected chi connectivity index (χ3v) is 22.9. The lowest BCUT2D eigenvalue weighted by Crippen LogP contribution is -2.61. The van der Waals surface area contributed by atoms with E-state index < -0.39 is 0 Å². The molecule has 0 spiro atoms. The normalized spacial score (nSPS) is 12.8. The van der Waals surface area contributed by atoms with Crippen molar-refractivity contribution in [2.45, 2.75) is 78.6 Å². The molecule has 0 saturated carbocycles. The quantitative estimate of drug-likeness (QED) is 0.100. The van der Waals surface area contributed by atoms with Crippen LogP contribution in [0.15, 0.2) is 344 Å². The van der Waals surface area contributed by atoms with E-state index in [1.54, 1.807) is 0 Å². The fourth-order valence-electron chi connectivity index (χ4n) is 17.4. The second-order valence-electron chi connectivity index (χ2n) is 32.7. The first-order valence-corrected chi connectivity index (χ1v) is 38.2. The maximum atomic E-state index is 6.73. The first-order chi connectivity index (χ1) is 52.5. The fraction of sp³-hybridized carbons (Fsp3) is 0.115. The van der Waals surface area contributed by atoms with E-state index in [0.29, 0.717) is 0 Å². The molecular formula is C104H83BN2O. The molecular weight excluding hydrogens is 1300 g/mol. The van der Waals surface area contributed by atoms with Crippen LogP contribution in [0.1, 0.15) is 79.0 Å². The summed E-state index contributed by atoms with van der Waals surface area (Å²) in [6, 6.07) is 128. The van der Waals surface area contributed by atoms with Gasteiger partial charge in [0.15, 0.2) is 0 Å². The number of rotatable bonds is 10. The first kappa shape index (κ1) is 66.2. The minimum atomic E-state index is -0.341. The Bertz CT molecular complexity index is 6280. The van der Waals surface area contributed by atoms with Gasteiger partial charge in [0.2, 0.25) is 0 Å². The molecule has 0 radical (unpaired) electrons. The molecule has 2 aliphatic heterocycles. The number of hydrogen-bond acceptors (Lipinski definition) is 3. The topological polar surface area (TPSA) is 19.6 Å². The Morgan fingerprint density at radius 1 is 0.241 bits per heavy atom. The predicted molar refractivity (Wildman–Crippen MR) is 462 cm³/mol. The molecule has 0 atom stereocenters. The molecule has 0 N–H and O–H groups in total. The molecule has 108 heavy (non-hydrogen) atoms. The van der Waals surface area contributed by atoms with E-state index in [1.807, 2.05) is 0 Å². The summed E-state index contributed by atoms with van der Waals surface area (Å²) in [6.07, 6.45) is 0. The largest absolute Gasteiger partial charge is 0.456 e. The van der Waals surface area contributed by atoms with Crippen LogP contribution in [0.4, 0.5) is 34.1 Å². The second kappa shape index (κ2) is 25.6. The van der Waals surface area contributed by atoms with Crippen molar-refractivity contribution >= 4 is 101 Å². The minimum absolute atomic E-state index is 0.198. The summed E-state index contributed by atoms with van der Waals surface area (Å²) in [4.78, 5) is 5.45. The lowest BCUT2D eigenvalue weighted by Gasteiger charge is -2.47. The SMILES string of the molecule is CC(C)(C)c1cc(-c2ccccc2)c(N2c3cc(-c4ccc5c(-c6ccccc6)c6ccccc6c(-c6ccccc6)c5c4)ccc3B3c4ccc(-c5cccc6oc7ccccc7c56)cc4N(c4c(-c5ccccc5)cc(C(C)(C)C)cc4-c4ccccc4)c4cc(C(C)(C)C)cc2c43)c(-c2ccccc2)c1. The van der Waals surface area contributed by atoms with Gasteiger partial charge >= 0.3 is 0 Å². The van der Waals surface area contributed by atoms with Crippen molar-refractivity contribution in [1.82, 2.24) is 0 Å².